The maximum atomic E-state index is 12.4. The predicted octanol–water partition coefficient (Wildman–Crippen LogP) is 3.19. The average Bonchev–Trinajstić information content (AvgIpc) is 2.63. The molecule has 1 heterocycles. The molecule has 0 spiro atoms. The molecule has 5 heteroatoms. The quantitative estimate of drug-likeness (QED) is 0.685. The Morgan fingerprint density at radius 2 is 1.68 bits per heavy atom. The molecule has 1 saturated heterocycles. The monoisotopic (exact) mass is 348 g/mol. The molecule has 0 atom stereocenters. The molecule has 2 fully saturated rings. The van der Waals surface area contributed by atoms with E-state index in [1.165, 1.54) is 38.3 Å². The number of rotatable bonds is 8. The summed E-state index contributed by atoms with van der Waals surface area (Å²) in [6.07, 6.45) is 12.3. The van der Waals surface area contributed by atoms with Gasteiger partial charge in [-0.15, -0.1) is 0 Å². The Kier molecular flexibility index (Phi) is 8.16. The first-order valence-electron chi connectivity index (χ1n) is 9.82. The van der Waals surface area contributed by atoms with E-state index in [0.717, 1.165) is 45.2 Å². The van der Waals surface area contributed by atoms with Crippen LogP contribution in [0.4, 0.5) is 0 Å². The Balaban J connectivity index is 1.60. The fourth-order valence-corrected chi connectivity index (χ4v) is 4.08. The molecule has 0 bridgehead atoms. The van der Waals surface area contributed by atoms with E-state index in [9.17, 15) is 14.4 Å². The van der Waals surface area contributed by atoms with Gasteiger partial charge in [-0.05, 0) is 56.6 Å². The summed E-state index contributed by atoms with van der Waals surface area (Å²) in [5.41, 5.74) is 0. The molecule has 2 aliphatic rings. The standard InChI is InChI=1S/C20H32N2O3/c1-2-21-20(25)18(23)10-6-9-16-11-13-22(14-12-16)19(24)15-17-7-4-3-5-8-17/h2,16-17H,1,3-15H2,(H,21,25). The van der Waals surface area contributed by atoms with Crippen molar-refractivity contribution in [2.24, 2.45) is 11.8 Å². The summed E-state index contributed by atoms with van der Waals surface area (Å²) in [6, 6.07) is 0. The third-order valence-corrected chi connectivity index (χ3v) is 5.66. The van der Waals surface area contributed by atoms with Crippen LogP contribution >= 0.6 is 0 Å². The van der Waals surface area contributed by atoms with Crippen molar-refractivity contribution in [1.29, 1.82) is 0 Å². The summed E-state index contributed by atoms with van der Waals surface area (Å²) in [7, 11) is 0. The number of carbonyl (C=O) groups excluding carboxylic acids is 3. The van der Waals surface area contributed by atoms with Gasteiger partial charge in [0.05, 0.1) is 0 Å². The summed E-state index contributed by atoms with van der Waals surface area (Å²) in [4.78, 5) is 37.4. The predicted molar refractivity (Wildman–Crippen MR) is 97.7 cm³/mol. The number of ketones is 1. The third kappa shape index (κ3) is 6.63. The van der Waals surface area contributed by atoms with Crippen LogP contribution in [-0.4, -0.2) is 35.6 Å². The smallest absolute Gasteiger partial charge is 0.291 e. The minimum absolute atomic E-state index is 0.292. The van der Waals surface area contributed by atoms with E-state index in [0.29, 0.717) is 24.2 Å². The SMILES string of the molecule is C=CNC(=O)C(=O)CCCC1CCN(C(=O)CC2CCCCC2)CC1. The van der Waals surface area contributed by atoms with E-state index < -0.39 is 5.91 Å². The first-order valence-corrected chi connectivity index (χ1v) is 9.82. The number of Topliss-reactive ketones (excluding diaryl/α,β-unsaturated/α-hetero) is 1. The van der Waals surface area contributed by atoms with Gasteiger partial charge in [-0.3, -0.25) is 14.4 Å². The van der Waals surface area contributed by atoms with Crippen molar-refractivity contribution in [3.8, 4) is 0 Å². The normalized spacial score (nSPS) is 19.4. The number of piperidine rings is 1. The van der Waals surface area contributed by atoms with Gasteiger partial charge in [0.1, 0.15) is 0 Å². The molecular formula is C20H32N2O3. The number of likely N-dealkylation sites (tertiary alicyclic amines) is 1. The number of nitrogens with one attached hydrogen (secondary N) is 1. The molecule has 0 aromatic rings. The molecule has 1 aliphatic carbocycles. The van der Waals surface area contributed by atoms with Crippen LogP contribution in [0.1, 0.15) is 70.6 Å². The topological polar surface area (TPSA) is 66.5 Å². The van der Waals surface area contributed by atoms with Gasteiger partial charge in [0, 0.05) is 25.9 Å². The molecule has 140 valence electrons. The number of amides is 2. The molecule has 0 aromatic heterocycles. The van der Waals surface area contributed by atoms with Crippen molar-refractivity contribution in [2.45, 2.75) is 70.6 Å². The van der Waals surface area contributed by atoms with Gasteiger partial charge in [-0.25, -0.2) is 0 Å². The minimum Gasteiger partial charge on any atom is -0.343 e. The van der Waals surface area contributed by atoms with Crippen LogP contribution in [0.3, 0.4) is 0 Å². The highest BCUT2D eigenvalue weighted by atomic mass is 16.2. The molecular weight excluding hydrogens is 316 g/mol. The lowest BCUT2D eigenvalue weighted by Crippen LogP contribution is -2.39. The maximum absolute atomic E-state index is 12.4. The molecule has 2 rings (SSSR count). The number of hydrogen-bond donors (Lipinski definition) is 1. The van der Waals surface area contributed by atoms with E-state index >= 15 is 0 Å². The Bertz CT molecular complexity index is 475. The van der Waals surface area contributed by atoms with E-state index in [4.69, 9.17) is 0 Å². The van der Waals surface area contributed by atoms with E-state index in [1.807, 2.05) is 4.90 Å². The highest BCUT2D eigenvalue weighted by molar-refractivity contribution is 6.36. The van der Waals surface area contributed by atoms with Gasteiger partial charge < -0.3 is 10.2 Å². The Morgan fingerprint density at radius 3 is 2.32 bits per heavy atom. The molecule has 1 N–H and O–H groups in total. The number of carbonyl (C=O) groups is 3. The van der Waals surface area contributed by atoms with Crippen molar-refractivity contribution in [3.05, 3.63) is 12.8 Å². The van der Waals surface area contributed by atoms with Crippen molar-refractivity contribution >= 4 is 17.6 Å². The van der Waals surface area contributed by atoms with Crippen molar-refractivity contribution in [2.75, 3.05) is 13.1 Å². The molecule has 2 amide bonds. The first kappa shape index (κ1) is 19.7. The zero-order valence-electron chi connectivity index (χ0n) is 15.3. The van der Waals surface area contributed by atoms with Gasteiger partial charge in [0.2, 0.25) is 11.7 Å². The molecule has 25 heavy (non-hydrogen) atoms. The Labute approximate surface area is 151 Å². The molecule has 0 aromatic carbocycles. The van der Waals surface area contributed by atoms with Crippen LogP contribution in [0.5, 0.6) is 0 Å². The van der Waals surface area contributed by atoms with Crippen LogP contribution in [-0.2, 0) is 14.4 Å². The molecule has 0 unspecified atom stereocenters. The summed E-state index contributed by atoms with van der Waals surface area (Å²) in [6.45, 7) is 5.08. The second-order valence-corrected chi connectivity index (χ2v) is 7.53. The highest BCUT2D eigenvalue weighted by Crippen LogP contribution is 2.28. The third-order valence-electron chi connectivity index (χ3n) is 5.66. The summed E-state index contributed by atoms with van der Waals surface area (Å²) in [5, 5.41) is 2.32. The lowest BCUT2D eigenvalue weighted by atomic mass is 9.86. The van der Waals surface area contributed by atoms with Crippen molar-refractivity contribution in [3.63, 3.8) is 0 Å². The zero-order chi connectivity index (χ0) is 18.1. The van der Waals surface area contributed by atoms with Gasteiger partial charge in [-0.2, -0.15) is 0 Å². The fraction of sp³-hybridized carbons (Fsp3) is 0.750. The van der Waals surface area contributed by atoms with Gasteiger partial charge >= 0.3 is 0 Å². The Hall–Kier alpha value is -1.65. The van der Waals surface area contributed by atoms with Crippen LogP contribution in [0, 0.1) is 11.8 Å². The average molecular weight is 348 g/mol. The zero-order valence-corrected chi connectivity index (χ0v) is 15.3. The number of nitrogens with zero attached hydrogens (tertiary/aromatic N) is 1. The molecule has 0 radical (unpaired) electrons. The van der Waals surface area contributed by atoms with Crippen LogP contribution in [0.2, 0.25) is 0 Å². The molecule has 1 saturated carbocycles. The van der Waals surface area contributed by atoms with E-state index in [-0.39, 0.29) is 5.78 Å². The first-order chi connectivity index (χ1) is 12.1. The summed E-state index contributed by atoms with van der Waals surface area (Å²) >= 11 is 0. The summed E-state index contributed by atoms with van der Waals surface area (Å²) in [5.74, 6) is 0.556. The van der Waals surface area contributed by atoms with Gasteiger partial charge in [0.25, 0.3) is 5.91 Å². The molecule has 5 nitrogen and oxygen atoms in total. The second-order valence-electron chi connectivity index (χ2n) is 7.53. The second kappa shape index (κ2) is 10.4. The van der Waals surface area contributed by atoms with E-state index in [2.05, 4.69) is 11.9 Å². The largest absolute Gasteiger partial charge is 0.343 e. The highest BCUT2D eigenvalue weighted by Gasteiger charge is 2.25. The lowest BCUT2D eigenvalue weighted by molar-refractivity contribution is -0.137. The van der Waals surface area contributed by atoms with Crippen molar-refractivity contribution in [1.82, 2.24) is 10.2 Å². The van der Waals surface area contributed by atoms with Crippen molar-refractivity contribution < 1.29 is 14.4 Å². The van der Waals surface area contributed by atoms with Gasteiger partial charge in [-0.1, -0.05) is 25.8 Å². The number of hydrogen-bond acceptors (Lipinski definition) is 3. The van der Waals surface area contributed by atoms with Crippen LogP contribution in [0.15, 0.2) is 12.8 Å². The minimum atomic E-state index is -0.571. The van der Waals surface area contributed by atoms with Crippen LogP contribution < -0.4 is 5.32 Å². The Morgan fingerprint density at radius 1 is 1.00 bits per heavy atom. The van der Waals surface area contributed by atoms with Gasteiger partial charge in [0.15, 0.2) is 0 Å². The van der Waals surface area contributed by atoms with Crippen LogP contribution in [0.25, 0.3) is 0 Å². The lowest BCUT2D eigenvalue weighted by Gasteiger charge is -2.33. The van der Waals surface area contributed by atoms with E-state index in [1.54, 1.807) is 0 Å². The fourth-order valence-electron chi connectivity index (χ4n) is 4.08. The maximum Gasteiger partial charge on any atom is 0.291 e. The molecule has 1 aliphatic heterocycles. The summed E-state index contributed by atoms with van der Waals surface area (Å²) < 4.78 is 0.